The van der Waals surface area contributed by atoms with Crippen molar-refractivity contribution in [3.63, 3.8) is 0 Å². The molecule has 4 rings (SSSR count). The highest BCUT2D eigenvalue weighted by atomic mass is 16.5. The molecule has 2 atom stereocenters. The van der Waals surface area contributed by atoms with Crippen LogP contribution in [-0.4, -0.2) is 42.1 Å². The van der Waals surface area contributed by atoms with E-state index in [9.17, 15) is 14.7 Å². The lowest BCUT2D eigenvalue weighted by molar-refractivity contribution is -0.150. The molecule has 1 saturated heterocycles. The smallest absolute Gasteiger partial charge is 0.311 e. The first-order valence-electron chi connectivity index (χ1n) is 9.69. The maximum Gasteiger partial charge on any atom is 0.311 e. The Morgan fingerprint density at radius 2 is 1.96 bits per heavy atom. The molecular formula is C21H27NO4. The van der Waals surface area contributed by atoms with Crippen LogP contribution < -0.4 is 4.74 Å². The predicted octanol–water partition coefficient (Wildman–Crippen LogP) is 3.22. The summed E-state index contributed by atoms with van der Waals surface area (Å²) >= 11 is 0. The summed E-state index contributed by atoms with van der Waals surface area (Å²) in [5.41, 5.74) is -0.225. The molecule has 1 N–H and O–H groups in total. The van der Waals surface area contributed by atoms with E-state index in [0.717, 1.165) is 49.8 Å². The Balaban J connectivity index is 1.66. The third-order valence-corrected chi connectivity index (χ3v) is 7.07. The van der Waals surface area contributed by atoms with Gasteiger partial charge in [-0.05, 0) is 49.3 Å². The van der Waals surface area contributed by atoms with Crippen LogP contribution in [0.3, 0.4) is 0 Å². The van der Waals surface area contributed by atoms with Crippen LogP contribution in [0.15, 0.2) is 24.3 Å². The summed E-state index contributed by atoms with van der Waals surface area (Å²) in [6, 6.07) is 7.85. The second kappa shape index (κ2) is 6.29. The lowest BCUT2D eigenvalue weighted by Crippen LogP contribution is -2.46. The molecule has 1 aromatic carbocycles. The number of carbonyl (C=O) groups is 2. The van der Waals surface area contributed by atoms with Crippen LogP contribution in [0.2, 0.25) is 0 Å². The molecule has 5 nitrogen and oxygen atoms in total. The van der Waals surface area contributed by atoms with Crippen molar-refractivity contribution < 1.29 is 19.4 Å². The first kappa shape index (κ1) is 17.4. The van der Waals surface area contributed by atoms with Gasteiger partial charge in [0.25, 0.3) is 0 Å². The second-order valence-electron chi connectivity index (χ2n) is 8.26. The summed E-state index contributed by atoms with van der Waals surface area (Å²) in [4.78, 5) is 27.5. The molecule has 1 aromatic rings. The molecule has 3 fully saturated rings. The molecular weight excluding hydrogens is 330 g/mol. The quantitative estimate of drug-likeness (QED) is 0.898. The first-order valence-corrected chi connectivity index (χ1v) is 9.69. The number of carboxylic acid groups (broad SMARTS) is 1. The van der Waals surface area contributed by atoms with Crippen molar-refractivity contribution in [2.45, 2.75) is 50.4 Å². The fourth-order valence-electron chi connectivity index (χ4n) is 5.62. The summed E-state index contributed by atoms with van der Waals surface area (Å²) in [6.07, 6.45) is 6.31. The van der Waals surface area contributed by atoms with E-state index in [4.69, 9.17) is 4.74 Å². The van der Waals surface area contributed by atoms with Crippen molar-refractivity contribution in [3.05, 3.63) is 29.8 Å². The molecule has 1 amide bonds. The van der Waals surface area contributed by atoms with E-state index in [1.165, 1.54) is 0 Å². The molecule has 26 heavy (non-hydrogen) atoms. The Hall–Kier alpha value is -2.04. The molecule has 0 aromatic heterocycles. The number of carbonyl (C=O) groups excluding carboxylic acids is 1. The second-order valence-corrected chi connectivity index (χ2v) is 8.26. The molecule has 140 valence electrons. The van der Waals surface area contributed by atoms with Crippen molar-refractivity contribution in [1.29, 1.82) is 0 Å². The molecule has 3 aliphatic rings. The van der Waals surface area contributed by atoms with Gasteiger partial charge in [0.15, 0.2) is 0 Å². The Morgan fingerprint density at radius 1 is 1.19 bits per heavy atom. The average molecular weight is 357 g/mol. The number of nitrogens with zero attached hydrogens (tertiary/aromatic N) is 1. The van der Waals surface area contributed by atoms with Crippen LogP contribution in [0.4, 0.5) is 0 Å². The van der Waals surface area contributed by atoms with E-state index in [1.54, 1.807) is 7.11 Å². The molecule has 0 radical (unpaired) electrons. The standard InChI is InChI=1S/C21H27NO4/c1-26-17-8-4-6-15(12-17)20(9-2-3-10-20)18(23)22-13-16-7-5-11-21(16,14-22)19(24)25/h4,6,8,12,16H,2-3,5,7,9-11,13-14H2,1H3,(H,24,25)/t16-,21+/m0/s1. The first-order chi connectivity index (χ1) is 12.5. The molecule has 2 aliphatic carbocycles. The molecule has 5 heteroatoms. The third-order valence-electron chi connectivity index (χ3n) is 7.07. The fraction of sp³-hybridized carbons (Fsp3) is 0.619. The van der Waals surface area contributed by atoms with Crippen molar-refractivity contribution in [1.82, 2.24) is 4.90 Å². The summed E-state index contributed by atoms with van der Waals surface area (Å²) in [6.45, 7) is 0.967. The number of amides is 1. The zero-order valence-corrected chi connectivity index (χ0v) is 15.4. The Labute approximate surface area is 154 Å². The number of ether oxygens (including phenoxy) is 1. The van der Waals surface area contributed by atoms with Crippen molar-refractivity contribution >= 4 is 11.9 Å². The monoisotopic (exact) mass is 357 g/mol. The summed E-state index contributed by atoms with van der Waals surface area (Å²) in [5.74, 6) is 0.269. The number of benzene rings is 1. The third kappa shape index (κ3) is 2.43. The van der Waals surface area contributed by atoms with E-state index in [2.05, 4.69) is 0 Å². The lowest BCUT2D eigenvalue weighted by atomic mass is 9.77. The van der Waals surface area contributed by atoms with Crippen LogP contribution in [0.25, 0.3) is 0 Å². The molecule has 1 heterocycles. The van der Waals surface area contributed by atoms with E-state index < -0.39 is 16.8 Å². The van der Waals surface area contributed by atoms with Crippen LogP contribution in [0.5, 0.6) is 5.75 Å². The van der Waals surface area contributed by atoms with Gasteiger partial charge >= 0.3 is 5.97 Å². The number of carboxylic acids is 1. The van der Waals surface area contributed by atoms with E-state index in [0.29, 0.717) is 19.5 Å². The van der Waals surface area contributed by atoms with E-state index >= 15 is 0 Å². The minimum atomic E-state index is -0.725. The van der Waals surface area contributed by atoms with Gasteiger partial charge in [-0.15, -0.1) is 0 Å². The van der Waals surface area contributed by atoms with Gasteiger partial charge in [0.05, 0.1) is 17.9 Å². The molecule has 0 bridgehead atoms. The van der Waals surface area contributed by atoms with Crippen molar-refractivity contribution in [3.8, 4) is 5.75 Å². The number of methoxy groups -OCH3 is 1. The van der Waals surface area contributed by atoms with Gasteiger partial charge in [-0.25, -0.2) is 0 Å². The molecule has 0 unspecified atom stereocenters. The molecule has 1 aliphatic heterocycles. The maximum absolute atomic E-state index is 13.7. The number of aliphatic carboxylic acids is 1. The number of fused-ring (bicyclic) bond motifs is 1. The Bertz CT molecular complexity index is 724. The van der Waals surface area contributed by atoms with Crippen LogP contribution in [-0.2, 0) is 15.0 Å². The number of rotatable bonds is 4. The topological polar surface area (TPSA) is 66.8 Å². The van der Waals surface area contributed by atoms with Crippen LogP contribution >= 0.6 is 0 Å². The average Bonchev–Trinajstić information content (AvgIpc) is 3.35. The van der Waals surface area contributed by atoms with Gasteiger partial charge in [0.1, 0.15) is 5.75 Å². The van der Waals surface area contributed by atoms with Crippen molar-refractivity contribution in [2.75, 3.05) is 20.2 Å². The maximum atomic E-state index is 13.7. The number of likely N-dealkylation sites (tertiary alicyclic amines) is 1. The van der Waals surface area contributed by atoms with Gasteiger partial charge in [0, 0.05) is 13.1 Å². The highest BCUT2D eigenvalue weighted by molar-refractivity contribution is 5.90. The molecule has 2 saturated carbocycles. The number of hydrogen-bond donors (Lipinski definition) is 1. The van der Waals surface area contributed by atoms with E-state index in [-0.39, 0.29) is 11.8 Å². The Morgan fingerprint density at radius 3 is 2.62 bits per heavy atom. The van der Waals surface area contributed by atoms with Gasteiger partial charge in [-0.1, -0.05) is 31.4 Å². The summed E-state index contributed by atoms with van der Waals surface area (Å²) in [7, 11) is 1.64. The SMILES string of the molecule is COc1cccc(C2(C(=O)N3C[C@@H]4CCC[C@@]4(C(=O)O)C3)CCCC2)c1. The largest absolute Gasteiger partial charge is 0.497 e. The minimum Gasteiger partial charge on any atom is -0.497 e. The molecule has 0 spiro atoms. The Kier molecular flexibility index (Phi) is 4.20. The summed E-state index contributed by atoms with van der Waals surface area (Å²) < 4.78 is 5.37. The van der Waals surface area contributed by atoms with Gasteiger partial charge in [0.2, 0.25) is 5.91 Å². The van der Waals surface area contributed by atoms with Gasteiger partial charge < -0.3 is 14.7 Å². The fourth-order valence-corrected chi connectivity index (χ4v) is 5.62. The summed E-state index contributed by atoms with van der Waals surface area (Å²) in [5, 5.41) is 9.83. The van der Waals surface area contributed by atoms with Gasteiger partial charge in [-0.2, -0.15) is 0 Å². The number of hydrogen-bond acceptors (Lipinski definition) is 3. The normalized spacial score (nSPS) is 29.6. The predicted molar refractivity (Wildman–Crippen MR) is 97.1 cm³/mol. The zero-order valence-electron chi connectivity index (χ0n) is 15.4. The lowest BCUT2D eigenvalue weighted by Gasteiger charge is -2.34. The van der Waals surface area contributed by atoms with Crippen LogP contribution in [0, 0.1) is 11.3 Å². The van der Waals surface area contributed by atoms with Crippen molar-refractivity contribution in [2.24, 2.45) is 11.3 Å². The minimum absolute atomic E-state index is 0.104. The van der Waals surface area contributed by atoms with E-state index in [1.807, 2.05) is 29.2 Å². The van der Waals surface area contributed by atoms with Gasteiger partial charge in [-0.3, -0.25) is 9.59 Å². The highest BCUT2D eigenvalue weighted by Crippen LogP contribution is 2.51. The zero-order chi connectivity index (χ0) is 18.4. The highest BCUT2D eigenvalue weighted by Gasteiger charge is 2.58. The van der Waals surface area contributed by atoms with Crippen LogP contribution in [0.1, 0.15) is 50.5 Å².